The first-order valence-corrected chi connectivity index (χ1v) is 11.3. The summed E-state index contributed by atoms with van der Waals surface area (Å²) in [7, 11) is -1.42. The molecule has 22 heavy (non-hydrogen) atoms. The molecule has 5 unspecified atom stereocenters. The Morgan fingerprint density at radius 1 is 1.50 bits per heavy atom. The van der Waals surface area contributed by atoms with Gasteiger partial charge in [0, 0.05) is 0 Å². The van der Waals surface area contributed by atoms with Crippen molar-refractivity contribution in [3.8, 4) is 0 Å². The molecule has 0 saturated carbocycles. The van der Waals surface area contributed by atoms with Crippen LogP contribution in [-0.4, -0.2) is 89.4 Å². The highest BCUT2D eigenvalue weighted by atomic mass is 33.5. The number of amides is 1. The quantitative estimate of drug-likeness (QED) is 0.194. The predicted molar refractivity (Wildman–Crippen MR) is 91.1 cm³/mol. The second-order valence-electron chi connectivity index (χ2n) is 4.77. The van der Waals surface area contributed by atoms with Crippen LogP contribution in [-0.2, 0) is 9.31 Å². The molecule has 0 bridgehead atoms. The number of carbonyl (C=O) groups is 1. The van der Waals surface area contributed by atoms with Gasteiger partial charge < -0.3 is 35.1 Å². The van der Waals surface area contributed by atoms with Gasteiger partial charge >= 0.3 is 7.12 Å². The average molecular weight is 375 g/mol. The van der Waals surface area contributed by atoms with Crippen molar-refractivity contribution in [2.45, 2.75) is 24.4 Å². The first kappa shape index (κ1) is 20.4. The minimum absolute atomic E-state index is 0.0274. The Morgan fingerprint density at radius 3 is 2.64 bits per heavy atom. The zero-order valence-electron chi connectivity index (χ0n) is 12.3. The van der Waals surface area contributed by atoms with Crippen molar-refractivity contribution in [2.24, 2.45) is 0 Å². The number of aliphatic hydroxyl groups is 4. The molecular formula is C10H22BNO7S3. The molecule has 1 rings (SSSR count). The van der Waals surface area contributed by atoms with Gasteiger partial charge in [0.2, 0.25) is 0 Å². The molecule has 1 aliphatic heterocycles. The van der Waals surface area contributed by atoms with Crippen LogP contribution in [0.25, 0.3) is 0 Å². The normalized spacial score (nSPS) is 31.2. The molecule has 8 nitrogen and oxygen atoms in total. The van der Waals surface area contributed by atoms with Crippen LogP contribution in [0.5, 0.6) is 0 Å². The zero-order valence-corrected chi connectivity index (χ0v) is 14.8. The summed E-state index contributed by atoms with van der Waals surface area (Å²) in [5.74, 6) is 0. The molecule has 1 aliphatic rings. The van der Waals surface area contributed by atoms with Gasteiger partial charge in [-0.05, 0) is 12.5 Å². The number of aliphatic hydroxyl groups excluding tert-OH is 4. The molecule has 0 aromatic heterocycles. The molecule has 0 aliphatic carbocycles. The van der Waals surface area contributed by atoms with Gasteiger partial charge in [-0.25, -0.2) is 0 Å². The molecule has 0 radical (unpaired) electrons. The Labute approximate surface area is 139 Å². The van der Waals surface area contributed by atoms with Crippen LogP contribution in [0.1, 0.15) is 0 Å². The van der Waals surface area contributed by atoms with E-state index >= 15 is 0 Å². The first-order chi connectivity index (χ1) is 10.3. The van der Waals surface area contributed by atoms with Gasteiger partial charge in [0.05, 0.1) is 31.9 Å². The molecule has 1 amide bonds. The smallest absolute Gasteiger partial charge is 0.402 e. The summed E-state index contributed by atoms with van der Waals surface area (Å²) in [5, 5.41) is 40.1. The van der Waals surface area contributed by atoms with E-state index in [2.05, 4.69) is 17.0 Å². The Morgan fingerprint density at radius 2 is 2.14 bits per heavy atom. The molecule has 0 spiro atoms. The van der Waals surface area contributed by atoms with Gasteiger partial charge in [0.25, 0.3) is 5.24 Å². The topological polar surface area (TPSA) is 128 Å². The van der Waals surface area contributed by atoms with E-state index in [9.17, 15) is 20.1 Å². The lowest BCUT2D eigenvalue weighted by Gasteiger charge is -2.39. The van der Waals surface area contributed by atoms with Crippen molar-refractivity contribution in [1.29, 1.82) is 0 Å². The van der Waals surface area contributed by atoms with Crippen LogP contribution in [0.4, 0.5) is 4.79 Å². The molecule has 1 heterocycles. The molecule has 0 aromatic carbocycles. The number of rotatable bonds is 6. The van der Waals surface area contributed by atoms with E-state index in [-0.39, 0.29) is 11.7 Å². The highest BCUT2D eigenvalue weighted by Crippen LogP contribution is 2.59. The monoisotopic (exact) mass is 375 g/mol. The number of hydrogen-bond acceptors (Lipinski definition) is 9. The lowest BCUT2D eigenvalue weighted by molar-refractivity contribution is -0.149. The van der Waals surface area contributed by atoms with Gasteiger partial charge in [-0.2, -0.15) is 0 Å². The van der Waals surface area contributed by atoms with E-state index in [1.807, 2.05) is 0 Å². The van der Waals surface area contributed by atoms with E-state index in [0.717, 1.165) is 0 Å². The standard InChI is InChI=1S/C10H22BNO7S3/c1-21-22(2,20)10(17)12-5-11-18-7(4-14)8(16)9(19-11)6(15)3-13/h6-9,13-16,20H,3-5H2,1-2H3,(H,12,17). The number of carbonyl (C=O) groups excluding carboxylic acids is 1. The third-order valence-corrected chi connectivity index (χ3v) is 8.90. The zero-order chi connectivity index (χ0) is 16.9. The second-order valence-corrected chi connectivity index (χ2v) is 13.0. The fourth-order valence-electron chi connectivity index (χ4n) is 1.82. The lowest BCUT2D eigenvalue weighted by atomic mass is 9.84. The SMILES string of the molecule is CSS(C)(S)C(=O)NCB1OC(CO)C(O)C(C(O)CO)O1. The maximum absolute atomic E-state index is 12.0. The fourth-order valence-corrected chi connectivity index (χ4v) is 3.15. The second kappa shape index (κ2) is 8.99. The van der Waals surface area contributed by atoms with Crippen molar-refractivity contribution < 1.29 is 34.5 Å². The molecule has 0 aromatic rings. The van der Waals surface area contributed by atoms with Crippen LogP contribution < -0.4 is 5.32 Å². The van der Waals surface area contributed by atoms with Gasteiger partial charge in [0.15, 0.2) is 0 Å². The van der Waals surface area contributed by atoms with Crippen molar-refractivity contribution in [3.05, 3.63) is 0 Å². The molecular weight excluding hydrogens is 353 g/mol. The molecule has 5 atom stereocenters. The van der Waals surface area contributed by atoms with Crippen LogP contribution in [0.2, 0.25) is 0 Å². The van der Waals surface area contributed by atoms with Crippen LogP contribution in [0.3, 0.4) is 0 Å². The summed E-state index contributed by atoms with van der Waals surface area (Å²) in [6, 6.07) is 0. The maximum atomic E-state index is 12.0. The number of hydrogen-bond donors (Lipinski definition) is 6. The van der Waals surface area contributed by atoms with E-state index in [4.69, 9.17) is 14.4 Å². The Bertz CT molecular complexity index is 378. The summed E-state index contributed by atoms with van der Waals surface area (Å²) < 4.78 is 10.7. The van der Waals surface area contributed by atoms with E-state index < -0.39 is 52.8 Å². The highest BCUT2D eigenvalue weighted by Gasteiger charge is 2.44. The molecule has 130 valence electrons. The van der Waals surface area contributed by atoms with Crippen LogP contribution >= 0.6 is 30.5 Å². The maximum Gasteiger partial charge on any atom is 0.478 e. The summed E-state index contributed by atoms with van der Waals surface area (Å²) in [6.45, 7) is -1.09. The van der Waals surface area contributed by atoms with Gasteiger partial charge in [0.1, 0.15) is 12.2 Å². The minimum atomic E-state index is -1.80. The Kier molecular flexibility index (Phi) is 8.33. The summed E-state index contributed by atoms with van der Waals surface area (Å²) in [6.07, 6.45) is -1.23. The van der Waals surface area contributed by atoms with Crippen molar-refractivity contribution in [1.82, 2.24) is 5.32 Å². The van der Waals surface area contributed by atoms with Crippen LogP contribution in [0, 0.1) is 0 Å². The van der Waals surface area contributed by atoms with E-state index in [1.54, 1.807) is 12.5 Å². The van der Waals surface area contributed by atoms with Gasteiger partial charge in [-0.1, -0.05) is 18.9 Å². The summed E-state index contributed by atoms with van der Waals surface area (Å²) in [5.41, 5.74) is 0. The molecule has 1 saturated heterocycles. The number of thiol groups is 1. The minimum Gasteiger partial charge on any atom is -0.402 e. The third kappa shape index (κ3) is 5.18. The average Bonchev–Trinajstić information content (AvgIpc) is 2.52. The van der Waals surface area contributed by atoms with Gasteiger partial charge in [-0.15, -0.1) is 11.7 Å². The van der Waals surface area contributed by atoms with Crippen LogP contribution in [0.15, 0.2) is 0 Å². The Hall–Kier alpha value is 0.345. The lowest BCUT2D eigenvalue weighted by Crippen LogP contribution is -2.60. The predicted octanol–water partition coefficient (Wildman–Crippen LogP) is -1.23. The summed E-state index contributed by atoms with van der Waals surface area (Å²) >= 11 is 4.29. The number of nitrogens with one attached hydrogen (secondary N) is 1. The van der Waals surface area contributed by atoms with Crippen molar-refractivity contribution >= 4 is 42.9 Å². The molecule has 1 fully saturated rings. The van der Waals surface area contributed by atoms with Crippen molar-refractivity contribution in [2.75, 3.05) is 32.2 Å². The highest BCUT2D eigenvalue weighted by molar-refractivity contribution is 9.26. The Balaban J connectivity index is 2.65. The summed E-state index contributed by atoms with van der Waals surface area (Å²) in [4.78, 5) is 12.0. The molecule has 5 N–H and O–H groups in total. The van der Waals surface area contributed by atoms with Crippen molar-refractivity contribution in [3.63, 3.8) is 0 Å². The largest absolute Gasteiger partial charge is 0.478 e. The van der Waals surface area contributed by atoms with E-state index in [1.165, 1.54) is 10.8 Å². The first-order valence-electron chi connectivity index (χ1n) is 6.49. The molecule has 12 heteroatoms. The van der Waals surface area contributed by atoms with E-state index in [0.29, 0.717) is 0 Å². The third-order valence-electron chi connectivity index (χ3n) is 3.18. The van der Waals surface area contributed by atoms with Gasteiger partial charge in [-0.3, -0.25) is 4.79 Å². The fraction of sp³-hybridized carbons (Fsp3) is 0.900.